The average Bonchev–Trinajstić information content (AvgIpc) is 2.97. The van der Waals surface area contributed by atoms with E-state index in [-0.39, 0.29) is 5.60 Å². The van der Waals surface area contributed by atoms with Gasteiger partial charge in [-0.2, -0.15) is 13.2 Å². The number of nitrogens with zero attached hydrogens (tertiary/aromatic N) is 1. The molecule has 158 valence electrons. The first-order valence-electron chi connectivity index (χ1n) is 9.36. The highest BCUT2D eigenvalue weighted by Gasteiger charge is 2.39. The molecule has 2 unspecified atom stereocenters. The summed E-state index contributed by atoms with van der Waals surface area (Å²) in [6.07, 6.45) is -1.99. The van der Waals surface area contributed by atoms with Crippen LogP contribution in [0.4, 0.5) is 13.2 Å². The molecule has 1 aromatic carbocycles. The number of aliphatic carboxylic acids is 1. The lowest BCUT2D eigenvalue weighted by molar-refractivity contribution is -0.192. The normalized spacial score (nSPS) is 27.7. The third-order valence-corrected chi connectivity index (χ3v) is 5.20. The first-order chi connectivity index (χ1) is 12.9. The zero-order valence-corrected chi connectivity index (χ0v) is 16.2. The van der Waals surface area contributed by atoms with Gasteiger partial charge >= 0.3 is 12.1 Å². The Balaban J connectivity index is 0.000000345. The van der Waals surface area contributed by atoms with Crippen molar-refractivity contribution >= 4 is 5.97 Å². The summed E-state index contributed by atoms with van der Waals surface area (Å²) < 4.78 is 37.5. The topological polar surface area (TPSA) is 70.0 Å². The number of carboxylic acid groups (broad SMARTS) is 1. The van der Waals surface area contributed by atoms with Crippen molar-refractivity contribution in [1.29, 1.82) is 0 Å². The lowest BCUT2D eigenvalue weighted by Crippen LogP contribution is -2.40. The molecule has 0 aliphatic carbocycles. The van der Waals surface area contributed by atoms with E-state index in [1.54, 1.807) is 0 Å². The number of alkyl halides is 3. The number of hydrogen-bond donors (Lipinski definition) is 2. The molecular formula is C20H28F3NO4. The minimum absolute atomic E-state index is 0.0123. The maximum absolute atomic E-state index is 10.9. The van der Waals surface area contributed by atoms with Crippen molar-refractivity contribution in [2.45, 2.75) is 50.5 Å². The van der Waals surface area contributed by atoms with Crippen molar-refractivity contribution in [3.8, 4) is 0 Å². The second-order valence-electron chi connectivity index (χ2n) is 8.15. The Hall–Kier alpha value is -1.64. The Kier molecular flexibility index (Phi) is 7.12. The monoisotopic (exact) mass is 403 g/mol. The van der Waals surface area contributed by atoms with Crippen molar-refractivity contribution in [1.82, 2.24) is 4.90 Å². The third-order valence-electron chi connectivity index (χ3n) is 5.20. The Labute approximate surface area is 163 Å². The molecule has 0 saturated carbocycles. The van der Waals surface area contributed by atoms with E-state index in [0.29, 0.717) is 5.92 Å². The summed E-state index contributed by atoms with van der Waals surface area (Å²) >= 11 is 0. The van der Waals surface area contributed by atoms with E-state index in [0.717, 1.165) is 51.1 Å². The summed E-state index contributed by atoms with van der Waals surface area (Å²) in [5, 5.41) is 18.0. The fourth-order valence-electron chi connectivity index (χ4n) is 3.89. The molecule has 2 heterocycles. The van der Waals surface area contributed by atoms with Crippen LogP contribution in [0.15, 0.2) is 30.3 Å². The van der Waals surface area contributed by atoms with Crippen molar-refractivity contribution in [2.24, 2.45) is 5.92 Å². The first-order valence-corrected chi connectivity index (χ1v) is 9.36. The van der Waals surface area contributed by atoms with Gasteiger partial charge in [0.15, 0.2) is 0 Å². The predicted molar refractivity (Wildman–Crippen MR) is 97.8 cm³/mol. The molecule has 0 amide bonds. The van der Waals surface area contributed by atoms with Gasteiger partial charge in [-0.05, 0) is 44.6 Å². The minimum Gasteiger partial charge on any atom is -0.475 e. The largest absolute Gasteiger partial charge is 0.490 e. The molecule has 2 N–H and O–H groups in total. The molecule has 2 atom stereocenters. The molecule has 1 aromatic rings. The van der Waals surface area contributed by atoms with Crippen LogP contribution < -0.4 is 0 Å². The van der Waals surface area contributed by atoms with Gasteiger partial charge < -0.3 is 14.9 Å². The minimum atomic E-state index is -5.08. The van der Waals surface area contributed by atoms with E-state index in [2.05, 4.69) is 18.7 Å². The molecule has 2 saturated heterocycles. The SMILES string of the molecule is CC1(C)CC(CN2CCC(O)(c3ccccc3)C2)CCO1.O=C(O)C(F)(F)F. The van der Waals surface area contributed by atoms with Crippen LogP contribution in [0.5, 0.6) is 0 Å². The molecule has 2 aliphatic heterocycles. The zero-order chi connectivity index (χ0) is 21.0. The lowest BCUT2D eigenvalue weighted by atomic mass is 9.88. The Morgan fingerprint density at radius 1 is 1.29 bits per heavy atom. The number of rotatable bonds is 3. The second kappa shape index (κ2) is 8.80. The maximum atomic E-state index is 10.9. The Bertz CT molecular complexity index is 651. The number of aliphatic hydroxyl groups is 1. The predicted octanol–water partition coefficient (Wildman–Crippen LogP) is 3.42. The molecule has 2 fully saturated rings. The summed E-state index contributed by atoms with van der Waals surface area (Å²) in [7, 11) is 0. The summed E-state index contributed by atoms with van der Waals surface area (Å²) in [6.45, 7) is 8.07. The summed E-state index contributed by atoms with van der Waals surface area (Å²) in [5.41, 5.74) is 0.403. The van der Waals surface area contributed by atoms with Crippen LogP contribution in [-0.2, 0) is 15.1 Å². The number of halogens is 3. The zero-order valence-electron chi connectivity index (χ0n) is 16.2. The summed E-state index contributed by atoms with van der Waals surface area (Å²) in [5.74, 6) is -2.07. The fourth-order valence-corrected chi connectivity index (χ4v) is 3.89. The van der Waals surface area contributed by atoms with E-state index in [9.17, 15) is 18.3 Å². The van der Waals surface area contributed by atoms with Gasteiger partial charge in [-0.3, -0.25) is 4.90 Å². The highest BCUT2D eigenvalue weighted by Crippen LogP contribution is 2.34. The van der Waals surface area contributed by atoms with Gasteiger partial charge in [0.1, 0.15) is 5.60 Å². The molecule has 0 aromatic heterocycles. The molecule has 0 bridgehead atoms. The van der Waals surface area contributed by atoms with Crippen LogP contribution in [0.25, 0.3) is 0 Å². The fraction of sp³-hybridized carbons (Fsp3) is 0.650. The van der Waals surface area contributed by atoms with Gasteiger partial charge in [-0.25, -0.2) is 4.79 Å². The molecule has 0 radical (unpaired) electrons. The summed E-state index contributed by atoms with van der Waals surface area (Å²) in [6, 6.07) is 10.1. The van der Waals surface area contributed by atoms with Gasteiger partial charge in [0.2, 0.25) is 0 Å². The van der Waals surface area contributed by atoms with Crippen LogP contribution in [0.2, 0.25) is 0 Å². The quantitative estimate of drug-likeness (QED) is 0.809. The number of benzene rings is 1. The van der Waals surface area contributed by atoms with Crippen molar-refractivity contribution in [2.75, 3.05) is 26.2 Å². The number of β-amino-alcohol motifs (C(OH)–C–C–N with tert-alkyl or cyclic N) is 1. The molecule has 28 heavy (non-hydrogen) atoms. The molecule has 5 nitrogen and oxygen atoms in total. The second-order valence-corrected chi connectivity index (χ2v) is 8.15. The third kappa shape index (κ3) is 6.46. The molecule has 8 heteroatoms. The molecular weight excluding hydrogens is 375 g/mol. The van der Waals surface area contributed by atoms with Crippen molar-refractivity contribution in [3.05, 3.63) is 35.9 Å². The number of likely N-dealkylation sites (tertiary alicyclic amines) is 1. The van der Waals surface area contributed by atoms with Crippen LogP contribution >= 0.6 is 0 Å². The van der Waals surface area contributed by atoms with Crippen LogP contribution in [0.1, 0.15) is 38.7 Å². The van der Waals surface area contributed by atoms with Crippen LogP contribution in [-0.4, -0.2) is 59.1 Å². The first kappa shape index (κ1) is 22.6. The van der Waals surface area contributed by atoms with Crippen molar-refractivity contribution < 1.29 is 32.9 Å². The Morgan fingerprint density at radius 3 is 2.43 bits per heavy atom. The van der Waals surface area contributed by atoms with Crippen LogP contribution in [0.3, 0.4) is 0 Å². The Morgan fingerprint density at radius 2 is 1.89 bits per heavy atom. The van der Waals surface area contributed by atoms with Gasteiger partial charge in [0.05, 0.1) is 5.60 Å². The lowest BCUT2D eigenvalue weighted by Gasteiger charge is -2.37. The average molecular weight is 403 g/mol. The van der Waals surface area contributed by atoms with Gasteiger partial charge in [-0.15, -0.1) is 0 Å². The van der Waals surface area contributed by atoms with Crippen LogP contribution in [0, 0.1) is 5.92 Å². The van der Waals surface area contributed by atoms with Gasteiger partial charge in [0, 0.05) is 26.2 Å². The highest BCUT2D eigenvalue weighted by molar-refractivity contribution is 5.73. The molecule has 3 rings (SSSR count). The number of carbonyl (C=O) groups is 1. The van der Waals surface area contributed by atoms with E-state index in [4.69, 9.17) is 14.6 Å². The van der Waals surface area contributed by atoms with Gasteiger partial charge in [0.25, 0.3) is 0 Å². The van der Waals surface area contributed by atoms with E-state index >= 15 is 0 Å². The highest BCUT2D eigenvalue weighted by atomic mass is 19.4. The van der Waals surface area contributed by atoms with E-state index in [1.807, 2.05) is 30.3 Å². The van der Waals surface area contributed by atoms with E-state index < -0.39 is 17.7 Å². The summed E-state index contributed by atoms with van der Waals surface area (Å²) in [4.78, 5) is 11.3. The smallest absolute Gasteiger partial charge is 0.475 e. The molecule has 0 spiro atoms. The molecule has 2 aliphatic rings. The number of carboxylic acids is 1. The number of ether oxygens (including phenoxy) is 1. The standard InChI is InChI=1S/C18H27NO2.C2HF3O2/c1-17(2)12-15(8-11-21-17)13-19-10-9-18(20,14-19)16-6-4-3-5-7-16;3-2(4,5)1(6)7/h3-7,15,20H,8-14H2,1-2H3;(H,6,7). The van der Waals surface area contributed by atoms with Crippen molar-refractivity contribution in [3.63, 3.8) is 0 Å². The maximum Gasteiger partial charge on any atom is 0.490 e. The van der Waals surface area contributed by atoms with E-state index in [1.165, 1.54) is 0 Å². The number of hydrogen-bond acceptors (Lipinski definition) is 4. The van der Waals surface area contributed by atoms with Gasteiger partial charge in [-0.1, -0.05) is 30.3 Å².